The van der Waals surface area contributed by atoms with Crippen molar-refractivity contribution in [1.82, 2.24) is 0 Å². The maximum atomic E-state index is 13.4. The molecular formula is C16H13F2NO2. The van der Waals surface area contributed by atoms with Gasteiger partial charge in [0.2, 0.25) is 0 Å². The number of benzene rings is 2. The Labute approximate surface area is 119 Å². The summed E-state index contributed by atoms with van der Waals surface area (Å²) in [5, 5.41) is 0.634. The summed E-state index contributed by atoms with van der Waals surface area (Å²) in [6.45, 7) is 0. The molecule has 0 radical (unpaired) electrons. The second-order valence-corrected chi connectivity index (χ2v) is 4.70. The molecular weight excluding hydrogens is 276 g/mol. The van der Waals surface area contributed by atoms with E-state index >= 15 is 0 Å². The molecule has 21 heavy (non-hydrogen) atoms. The molecule has 0 aliphatic heterocycles. The Balaban J connectivity index is 2.01. The average Bonchev–Trinajstić information content (AvgIpc) is 2.90. The molecule has 3 rings (SSSR count). The van der Waals surface area contributed by atoms with Crippen molar-refractivity contribution in [2.75, 3.05) is 7.11 Å². The van der Waals surface area contributed by atoms with Crippen LogP contribution in [0.4, 0.5) is 8.78 Å². The van der Waals surface area contributed by atoms with Crippen molar-refractivity contribution in [1.29, 1.82) is 0 Å². The van der Waals surface area contributed by atoms with Crippen LogP contribution in [0.15, 0.2) is 46.9 Å². The monoisotopic (exact) mass is 289 g/mol. The fourth-order valence-electron chi connectivity index (χ4n) is 2.22. The highest BCUT2D eigenvalue weighted by Crippen LogP contribution is 2.29. The highest BCUT2D eigenvalue weighted by molar-refractivity contribution is 5.78. The van der Waals surface area contributed by atoms with E-state index in [0.717, 1.165) is 0 Å². The lowest BCUT2D eigenvalue weighted by atomic mass is 10.0. The van der Waals surface area contributed by atoms with Crippen LogP contribution in [-0.2, 0) is 0 Å². The van der Waals surface area contributed by atoms with Crippen LogP contribution >= 0.6 is 0 Å². The normalized spacial score (nSPS) is 12.6. The summed E-state index contributed by atoms with van der Waals surface area (Å²) >= 11 is 0. The minimum atomic E-state index is -0.588. The number of nitrogens with two attached hydrogens (primary N) is 1. The summed E-state index contributed by atoms with van der Waals surface area (Å²) in [5.74, 6) is -0.207. The topological polar surface area (TPSA) is 48.4 Å². The van der Waals surface area contributed by atoms with Gasteiger partial charge in [-0.15, -0.1) is 0 Å². The van der Waals surface area contributed by atoms with Crippen LogP contribution in [0.3, 0.4) is 0 Å². The van der Waals surface area contributed by atoms with Crippen molar-refractivity contribution in [2.45, 2.75) is 6.04 Å². The number of rotatable bonds is 3. The molecule has 0 fully saturated rings. The minimum absolute atomic E-state index is 0.116. The average molecular weight is 289 g/mol. The summed E-state index contributed by atoms with van der Waals surface area (Å²) < 4.78 is 37.2. The van der Waals surface area contributed by atoms with Crippen molar-refractivity contribution in [3.8, 4) is 5.75 Å². The van der Waals surface area contributed by atoms with Gasteiger partial charge in [0.15, 0.2) is 11.6 Å². The third kappa shape index (κ3) is 2.48. The van der Waals surface area contributed by atoms with E-state index in [4.69, 9.17) is 14.9 Å². The Morgan fingerprint density at radius 3 is 2.67 bits per heavy atom. The summed E-state index contributed by atoms with van der Waals surface area (Å²) in [5.41, 5.74) is 7.32. The molecule has 5 heteroatoms. The lowest BCUT2D eigenvalue weighted by Crippen LogP contribution is -2.11. The quantitative estimate of drug-likeness (QED) is 0.798. The van der Waals surface area contributed by atoms with Crippen LogP contribution in [-0.4, -0.2) is 7.11 Å². The van der Waals surface area contributed by atoms with Crippen LogP contribution in [0.25, 0.3) is 11.0 Å². The standard InChI is InChI=1S/C16H13F2NO2/c1-20-14-7-9(2-4-12(14)18)16(19)15-8-10-6-11(17)3-5-13(10)21-15/h2-8,16H,19H2,1H3. The van der Waals surface area contributed by atoms with Gasteiger partial charge in [-0.1, -0.05) is 6.07 Å². The Bertz CT molecular complexity index is 798. The third-order valence-electron chi connectivity index (χ3n) is 3.34. The van der Waals surface area contributed by atoms with Gasteiger partial charge in [-0.2, -0.15) is 0 Å². The van der Waals surface area contributed by atoms with E-state index in [1.54, 1.807) is 18.2 Å². The molecule has 1 atom stereocenters. The zero-order valence-electron chi connectivity index (χ0n) is 11.3. The van der Waals surface area contributed by atoms with Gasteiger partial charge in [-0.05, 0) is 42.0 Å². The van der Waals surface area contributed by atoms with E-state index in [2.05, 4.69) is 0 Å². The first-order valence-electron chi connectivity index (χ1n) is 6.36. The van der Waals surface area contributed by atoms with E-state index in [9.17, 15) is 8.78 Å². The van der Waals surface area contributed by atoms with Gasteiger partial charge < -0.3 is 14.9 Å². The van der Waals surface area contributed by atoms with E-state index in [0.29, 0.717) is 22.3 Å². The molecule has 1 unspecified atom stereocenters. The highest BCUT2D eigenvalue weighted by atomic mass is 19.1. The van der Waals surface area contributed by atoms with Crippen molar-refractivity contribution in [2.24, 2.45) is 5.73 Å². The zero-order valence-corrected chi connectivity index (χ0v) is 11.3. The smallest absolute Gasteiger partial charge is 0.165 e. The zero-order chi connectivity index (χ0) is 15.0. The summed E-state index contributed by atoms with van der Waals surface area (Å²) in [7, 11) is 1.39. The van der Waals surface area contributed by atoms with Crippen LogP contribution in [0, 0.1) is 11.6 Å². The van der Waals surface area contributed by atoms with Crippen LogP contribution in [0.2, 0.25) is 0 Å². The van der Waals surface area contributed by atoms with Crippen molar-refractivity contribution >= 4 is 11.0 Å². The molecule has 2 aromatic carbocycles. The maximum absolute atomic E-state index is 13.4. The number of furan rings is 1. The molecule has 3 nitrogen and oxygen atoms in total. The minimum Gasteiger partial charge on any atom is -0.494 e. The van der Waals surface area contributed by atoms with E-state index in [-0.39, 0.29) is 11.6 Å². The summed E-state index contributed by atoms with van der Waals surface area (Å²) in [6.07, 6.45) is 0. The molecule has 0 aliphatic carbocycles. The van der Waals surface area contributed by atoms with Crippen LogP contribution in [0.1, 0.15) is 17.4 Å². The molecule has 0 saturated carbocycles. The highest BCUT2D eigenvalue weighted by Gasteiger charge is 2.16. The predicted molar refractivity (Wildman–Crippen MR) is 75.2 cm³/mol. The SMILES string of the molecule is COc1cc(C(N)c2cc3cc(F)ccc3o2)ccc1F. The second kappa shape index (κ2) is 5.18. The molecule has 1 heterocycles. The molecule has 0 amide bonds. The molecule has 108 valence electrons. The lowest BCUT2D eigenvalue weighted by molar-refractivity contribution is 0.385. The number of fused-ring (bicyclic) bond motifs is 1. The summed E-state index contributed by atoms with van der Waals surface area (Å²) in [6, 6.07) is 9.71. The molecule has 0 spiro atoms. The van der Waals surface area contributed by atoms with Gasteiger partial charge in [0.1, 0.15) is 17.2 Å². The predicted octanol–water partition coefficient (Wildman–Crippen LogP) is 3.77. The molecule has 3 aromatic rings. The Hall–Kier alpha value is -2.40. The molecule has 0 aliphatic rings. The van der Waals surface area contributed by atoms with E-state index in [1.807, 2.05) is 0 Å². The maximum Gasteiger partial charge on any atom is 0.165 e. The van der Waals surface area contributed by atoms with Crippen molar-refractivity contribution in [3.63, 3.8) is 0 Å². The fraction of sp³-hybridized carbons (Fsp3) is 0.125. The first-order valence-corrected chi connectivity index (χ1v) is 6.36. The molecule has 1 aromatic heterocycles. The lowest BCUT2D eigenvalue weighted by Gasteiger charge is -2.11. The van der Waals surface area contributed by atoms with Gasteiger partial charge >= 0.3 is 0 Å². The van der Waals surface area contributed by atoms with E-state index < -0.39 is 11.9 Å². The van der Waals surface area contributed by atoms with Gasteiger partial charge in [-0.25, -0.2) is 8.78 Å². The molecule has 2 N–H and O–H groups in total. The number of hydrogen-bond acceptors (Lipinski definition) is 3. The number of methoxy groups -OCH3 is 1. The van der Waals surface area contributed by atoms with Gasteiger partial charge in [0.25, 0.3) is 0 Å². The molecule has 0 bridgehead atoms. The van der Waals surface area contributed by atoms with Gasteiger partial charge in [0, 0.05) is 5.39 Å². The Kier molecular flexibility index (Phi) is 3.35. The number of ether oxygens (including phenoxy) is 1. The third-order valence-corrected chi connectivity index (χ3v) is 3.34. The van der Waals surface area contributed by atoms with Crippen LogP contribution in [0.5, 0.6) is 5.75 Å². The van der Waals surface area contributed by atoms with Crippen molar-refractivity contribution < 1.29 is 17.9 Å². The van der Waals surface area contributed by atoms with E-state index in [1.165, 1.54) is 31.4 Å². The largest absolute Gasteiger partial charge is 0.494 e. The Morgan fingerprint density at radius 1 is 1.10 bits per heavy atom. The first kappa shape index (κ1) is 13.6. The first-order chi connectivity index (χ1) is 10.1. The summed E-state index contributed by atoms with van der Waals surface area (Å²) in [4.78, 5) is 0. The fourth-order valence-corrected chi connectivity index (χ4v) is 2.22. The number of hydrogen-bond donors (Lipinski definition) is 1. The number of halogens is 2. The molecule has 0 saturated heterocycles. The van der Waals surface area contributed by atoms with Crippen molar-refractivity contribution in [3.05, 3.63) is 65.4 Å². The van der Waals surface area contributed by atoms with Crippen LogP contribution < -0.4 is 10.5 Å². The Morgan fingerprint density at radius 2 is 1.90 bits per heavy atom. The van der Waals surface area contributed by atoms with Gasteiger partial charge in [0.05, 0.1) is 13.2 Å². The second-order valence-electron chi connectivity index (χ2n) is 4.70. The van der Waals surface area contributed by atoms with Gasteiger partial charge in [-0.3, -0.25) is 0 Å².